The van der Waals surface area contributed by atoms with Gasteiger partial charge < -0.3 is 18.9 Å². The second-order valence-electron chi connectivity index (χ2n) is 8.21. The van der Waals surface area contributed by atoms with E-state index in [1.54, 1.807) is 12.1 Å². The molecule has 0 N–H and O–H groups in total. The van der Waals surface area contributed by atoms with Gasteiger partial charge in [0.15, 0.2) is 11.9 Å². The topological polar surface area (TPSA) is 91.4 Å². The molecule has 1 heterocycles. The normalized spacial score (nSPS) is 15.2. The van der Waals surface area contributed by atoms with E-state index < -0.39 is 47.9 Å². The first-order chi connectivity index (χ1) is 16.5. The van der Waals surface area contributed by atoms with Crippen LogP contribution in [0.1, 0.15) is 36.6 Å². The van der Waals surface area contributed by atoms with Gasteiger partial charge in [0.05, 0.1) is 24.8 Å². The van der Waals surface area contributed by atoms with Crippen LogP contribution in [-0.2, 0) is 36.8 Å². The van der Waals surface area contributed by atoms with Gasteiger partial charge in [-0.05, 0) is 55.7 Å². The maximum atomic E-state index is 14.1. The average Bonchev–Trinajstić information content (AvgIpc) is 2.84. The summed E-state index contributed by atoms with van der Waals surface area (Å²) in [5.74, 6) is -2.86. The fourth-order valence-corrected chi connectivity index (χ4v) is 3.85. The highest BCUT2D eigenvalue weighted by atomic mass is 35.5. The summed E-state index contributed by atoms with van der Waals surface area (Å²) in [6.45, 7) is 2.41. The molecule has 35 heavy (non-hydrogen) atoms. The van der Waals surface area contributed by atoms with E-state index in [-0.39, 0.29) is 17.1 Å². The molecule has 1 atom stereocenters. The minimum Gasteiger partial charge on any atom is -0.489 e. The van der Waals surface area contributed by atoms with E-state index in [0.29, 0.717) is 23.3 Å². The van der Waals surface area contributed by atoms with Gasteiger partial charge in [0.2, 0.25) is 5.60 Å². The zero-order valence-corrected chi connectivity index (χ0v) is 20.3. The minimum absolute atomic E-state index is 0.0733. The van der Waals surface area contributed by atoms with Crippen LogP contribution in [0.2, 0.25) is 5.02 Å². The van der Waals surface area contributed by atoms with Crippen molar-refractivity contribution in [3.8, 4) is 5.75 Å². The van der Waals surface area contributed by atoms with E-state index in [1.807, 2.05) is 0 Å². The summed E-state index contributed by atoms with van der Waals surface area (Å²) in [6, 6.07) is 5.70. The number of methoxy groups -OCH3 is 2. The minimum atomic E-state index is -1.57. The Morgan fingerprint density at radius 1 is 1.11 bits per heavy atom. The highest BCUT2D eigenvalue weighted by molar-refractivity contribution is 6.30. The van der Waals surface area contributed by atoms with E-state index in [0.717, 1.165) is 17.0 Å². The molecule has 0 fully saturated rings. The van der Waals surface area contributed by atoms with Gasteiger partial charge in [0.1, 0.15) is 18.2 Å². The number of fused-ring (bicyclic) bond motifs is 1. The number of esters is 2. The summed E-state index contributed by atoms with van der Waals surface area (Å²) in [5.41, 5.74) is -0.760. The van der Waals surface area contributed by atoms with E-state index in [1.165, 1.54) is 34.1 Å². The van der Waals surface area contributed by atoms with Crippen LogP contribution in [0, 0.1) is 11.6 Å². The molecule has 188 valence electrons. The van der Waals surface area contributed by atoms with Crippen molar-refractivity contribution < 1.29 is 42.1 Å². The zero-order chi connectivity index (χ0) is 25.9. The Bertz CT molecular complexity index is 1150. The lowest BCUT2D eigenvalue weighted by atomic mass is 9.92. The van der Waals surface area contributed by atoms with Gasteiger partial charge in [-0.25, -0.2) is 23.2 Å². The van der Waals surface area contributed by atoms with Crippen LogP contribution in [0.3, 0.4) is 0 Å². The summed E-state index contributed by atoms with van der Waals surface area (Å²) >= 11 is 5.72. The van der Waals surface area contributed by atoms with Crippen molar-refractivity contribution in [2.24, 2.45) is 0 Å². The molecule has 1 unspecified atom stereocenters. The van der Waals surface area contributed by atoms with Crippen molar-refractivity contribution in [2.75, 3.05) is 20.8 Å². The number of nitrogens with zero attached hydrogens (tertiary/aromatic N) is 1. The van der Waals surface area contributed by atoms with E-state index in [2.05, 4.69) is 4.74 Å². The van der Waals surface area contributed by atoms with E-state index in [4.69, 9.17) is 25.8 Å². The summed E-state index contributed by atoms with van der Waals surface area (Å²) < 4.78 is 48.5. The van der Waals surface area contributed by atoms with Crippen LogP contribution in [0.15, 0.2) is 30.3 Å². The average molecular weight is 512 g/mol. The zero-order valence-electron chi connectivity index (χ0n) is 19.5. The third-order valence-electron chi connectivity index (χ3n) is 5.54. The van der Waals surface area contributed by atoms with Crippen LogP contribution in [0.25, 0.3) is 0 Å². The van der Waals surface area contributed by atoms with Crippen molar-refractivity contribution in [1.82, 2.24) is 4.90 Å². The van der Waals surface area contributed by atoms with Gasteiger partial charge in [-0.15, -0.1) is 0 Å². The predicted molar refractivity (Wildman–Crippen MR) is 120 cm³/mol. The highest BCUT2D eigenvalue weighted by Gasteiger charge is 2.41. The Labute approximate surface area is 205 Å². The molecule has 0 aromatic heterocycles. The standard InChI is InChI=1S/C24H24ClF2NO7/c1-24(2,22(30)33-4)35-23(31)28-10-9-13-11-14(5-6-15(13)20(28)21(29)32-3)34-12-16-18(26)8-7-17(25)19(16)27/h5-8,11,20H,9-10,12H2,1-4H3. The molecule has 11 heteroatoms. The summed E-state index contributed by atoms with van der Waals surface area (Å²) in [7, 11) is 2.35. The lowest BCUT2D eigenvalue weighted by molar-refractivity contribution is -0.160. The van der Waals surface area contributed by atoms with Crippen molar-refractivity contribution in [1.29, 1.82) is 0 Å². The second-order valence-corrected chi connectivity index (χ2v) is 8.62. The van der Waals surface area contributed by atoms with Gasteiger partial charge in [-0.2, -0.15) is 0 Å². The molecule has 0 saturated carbocycles. The van der Waals surface area contributed by atoms with E-state index >= 15 is 0 Å². The Balaban J connectivity index is 1.84. The molecular weight excluding hydrogens is 488 g/mol. The third-order valence-corrected chi connectivity index (χ3v) is 5.84. The lowest BCUT2D eigenvalue weighted by Gasteiger charge is -2.36. The van der Waals surface area contributed by atoms with Crippen molar-refractivity contribution >= 4 is 29.6 Å². The van der Waals surface area contributed by atoms with Crippen molar-refractivity contribution in [3.05, 3.63) is 63.7 Å². The van der Waals surface area contributed by atoms with Crippen LogP contribution in [-0.4, -0.2) is 49.3 Å². The number of benzene rings is 2. The fourth-order valence-electron chi connectivity index (χ4n) is 3.68. The van der Waals surface area contributed by atoms with Gasteiger partial charge in [0, 0.05) is 6.54 Å². The smallest absolute Gasteiger partial charge is 0.411 e. The number of ether oxygens (including phenoxy) is 4. The van der Waals surface area contributed by atoms with Gasteiger partial charge in [-0.3, -0.25) is 4.90 Å². The maximum Gasteiger partial charge on any atom is 0.411 e. The van der Waals surface area contributed by atoms with Crippen LogP contribution in [0.5, 0.6) is 5.75 Å². The number of carbonyl (C=O) groups excluding carboxylic acids is 3. The molecule has 1 aliphatic heterocycles. The third kappa shape index (κ3) is 5.48. The molecule has 2 aromatic rings. The molecule has 0 bridgehead atoms. The largest absolute Gasteiger partial charge is 0.489 e. The first-order valence-electron chi connectivity index (χ1n) is 10.5. The quantitative estimate of drug-likeness (QED) is 0.323. The molecule has 1 amide bonds. The number of hydrogen-bond donors (Lipinski definition) is 0. The number of halogens is 3. The Morgan fingerprint density at radius 2 is 1.83 bits per heavy atom. The van der Waals surface area contributed by atoms with Crippen LogP contribution in [0.4, 0.5) is 13.6 Å². The summed E-state index contributed by atoms with van der Waals surface area (Å²) in [5, 5.41) is -0.223. The fraction of sp³-hybridized carbons (Fsp3) is 0.375. The summed E-state index contributed by atoms with van der Waals surface area (Å²) in [6.07, 6.45) is -0.582. The Morgan fingerprint density at radius 3 is 2.49 bits per heavy atom. The van der Waals surface area contributed by atoms with E-state index in [9.17, 15) is 23.2 Å². The number of hydrogen-bond acceptors (Lipinski definition) is 7. The monoisotopic (exact) mass is 511 g/mol. The second kappa shape index (κ2) is 10.5. The van der Waals surface area contributed by atoms with Gasteiger partial charge in [-0.1, -0.05) is 17.7 Å². The number of amides is 1. The Kier molecular flexibility index (Phi) is 7.84. The molecule has 1 aliphatic rings. The Hall–Kier alpha value is -3.40. The predicted octanol–water partition coefficient (Wildman–Crippen LogP) is 4.36. The first kappa shape index (κ1) is 26.2. The van der Waals surface area contributed by atoms with Crippen LogP contribution < -0.4 is 4.74 Å². The molecule has 0 aliphatic carbocycles. The number of rotatable bonds is 6. The highest BCUT2D eigenvalue weighted by Crippen LogP contribution is 2.34. The first-order valence-corrected chi connectivity index (χ1v) is 10.9. The van der Waals surface area contributed by atoms with Gasteiger partial charge in [0.25, 0.3) is 0 Å². The molecule has 2 aromatic carbocycles. The van der Waals surface area contributed by atoms with Crippen molar-refractivity contribution in [2.45, 2.75) is 38.5 Å². The molecule has 0 spiro atoms. The maximum absolute atomic E-state index is 14.1. The van der Waals surface area contributed by atoms with Crippen molar-refractivity contribution in [3.63, 3.8) is 0 Å². The molecule has 3 rings (SSSR count). The molecular formula is C24H24ClF2NO7. The molecule has 0 radical (unpaired) electrons. The van der Waals surface area contributed by atoms with Crippen LogP contribution >= 0.6 is 11.6 Å². The number of carbonyl (C=O) groups is 3. The molecule has 0 saturated heterocycles. The van der Waals surface area contributed by atoms with Gasteiger partial charge >= 0.3 is 18.0 Å². The summed E-state index contributed by atoms with van der Waals surface area (Å²) in [4.78, 5) is 38.6. The molecule has 8 nitrogen and oxygen atoms in total. The lowest BCUT2D eigenvalue weighted by Crippen LogP contribution is -2.48. The SMILES string of the molecule is COC(=O)C1c2ccc(OCc3c(F)ccc(Cl)c3F)cc2CCN1C(=O)OC(C)(C)C(=O)OC.